The lowest BCUT2D eigenvalue weighted by atomic mass is 10.1. The van der Waals surface area contributed by atoms with Crippen LogP contribution < -0.4 is 5.32 Å². The highest BCUT2D eigenvalue weighted by Gasteiger charge is 2.29. The number of piperidine rings is 1. The monoisotopic (exact) mass is 495 g/mol. The number of nitrogens with one attached hydrogen (secondary N) is 1. The molecule has 2 heterocycles. The van der Waals surface area contributed by atoms with Crippen molar-refractivity contribution in [3.05, 3.63) is 76.1 Å². The number of sulfonamides is 1. The molecule has 0 bridgehead atoms. The van der Waals surface area contributed by atoms with E-state index >= 15 is 0 Å². The highest BCUT2D eigenvalue weighted by atomic mass is 32.2. The molecule has 1 aromatic heterocycles. The van der Waals surface area contributed by atoms with Crippen molar-refractivity contribution in [3.8, 4) is 0 Å². The van der Waals surface area contributed by atoms with Gasteiger partial charge in [0.2, 0.25) is 10.0 Å². The number of rotatable bonds is 6. The predicted octanol–water partition coefficient (Wildman–Crippen LogP) is 4.58. The number of thiazole rings is 1. The van der Waals surface area contributed by atoms with Crippen molar-refractivity contribution in [1.82, 2.24) is 9.29 Å². The smallest absolute Gasteiger partial charge is 0.257 e. The Kier molecular flexibility index (Phi) is 6.82. The van der Waals surface area contributed by atoms with Gasteiger partial charge in [-0.3, -0.25) is 10.1 Å². The summed E-state index contributed by atoms with van der Waals surface area (Å²) in [6.45, 7) is 0.628. The molecule has 6 nitrogen and oxygen atoms in total. The van der Waals surface area contributed by atoms with Crippen molar-refractivity contribution >= 4 is 32.4 Å². The molecule has 4 rings (SSSR count). The van der Waals surface area contributed by atoms with Crippen LogP contribution in [0.5, 0.6) is 0 Å². The Hall–Kier alpha value is -2.76. The predicted molar refractivity (Wildman–Crippen MR) is 118 cm³/mol. The molecule has 2 aromatic carbocycles. The van der Waals surface area contributed by atoms with Gasteiger partial charge in [0.15, 0.2) is 5.13 Å². The van der Waals surface area contributed by atoms with Crippen LogP contribution in [0.15, 0.2) is 47.5 Å². The molecule has 0 atom stereocenters. The molecule has 0 saturated carbocycles. The first-order valence-corrected chi connectivity index (χ1v) is 12.5. The summed E-state index contributed by atoms with van der Waals surface area (Å²) in [7, 11) is -4.06. The van der Waals surface area contributed by atoms with Crippen molar-refractivity contribution < 1.29 is 26.4 Å². The number of hydrogen-bond donors (Lipinski definition) is 1. The molecule has 1 fully saturated rings. The number of anilines is 1. The third-order valence-corrected chi connectivity index (χ3v) is 8.11. The van der Waals surface area contributed by atoms with Crippen LogP contribution in [0.25, 0.3) is 0 Å². The SMILES string of the molecule is O=C(Nc1ncc(Cc2ccc(F)cc2F)s1)c1ccc(F)c(S(=O)(=O)N2CCCCC2)c1. The van der Waals surface area contributed by atoms with Crippen LogP contribution in [0.3, 0.4) is 0 Å². The second kappa shape index (κ2) is 9.62. The summed E-state index contributed by atoms with van der Waals surface area (Å²) in [4.78, 5) is 16.8. The van der Waals surface area contributed by atoms with Crippen LogP contribution in [0.4, 0.5) is 18.3 Å². The van der Waals surface area contributed by atoms with E-state index in [-0.39, 0.29) is 22.7 Å². The summed E-state index contributed by atoms with van der Waals surface area (Å²) >= 11 is 1.10. The molecule has 0 radical (unpaired) electrons. The van der Waals surface area contributed by atoms with Crippen molar-refractivity contribution in [2.45, 2.75) is 30.6 Å². The van der Waals surface area contributed by atoms with Gasteiger partial charge < -0.3 is 0 Å². The number of aromatic nitrogens is 1. The summed E-state index contributed by atoms with van der Waals surface area (Å²) in [5.41, 5.74) is 0.248. The van der Waals surface area contributed by atoms with Crippen molar-refractivity contribution in [3.63, 3.8) is 0 Å². The molecule has 3 aromatic rings. The minimum Gasteiger partial charge on any atom is -0.298 e. The van der Waals surface area contributed by atoms with Crippen molar-refractivity contribution in [2.24, 2.45) is 0 Å². The van der Waals surface area contributed by atoms with E-state index in [2.05, 4.69) is 10.3 Å². The molecule has 1 aliphatic rings. The van der Waals surface area contributed by atoms with E-state index in [1.807, 2.05) is 0 Å². The molecule has 1 aliphatic heterocycles. The van der Waals surface area contributed by atoms with Crippen LogP contribution in [0.1, 0.15) is 40.1 Å². The van der Waals surface area contributed by atoms with E-state index in [0.717, 1.165) is 42.0 Å². The van der Waals surface area contributed by atoms with Gasteiger partial charge in [-0.2, -0.15) is 4.31 Å². The number of nitrogens with zero attached hydrogens (tertiary/aromatic N) is 2. The summed E-state index contributed by atoms with van der Waals surface area (Å²) in [6, 6.07) is 6.47. The first-order chi connectivity index (χ1) is 15.7. The Morgan fingerprint density at radius 2 is 1.79 bits per heavy atom. The van der Waals surface area contributed by atoms with E-state index in [1.165, 1.54) is 22.6 Å². The minimum atomic E-state index is -4.06. The Balaban J connectivity index is 1.49. The highest BCUT2D eigenvalue weighted by Crippen LogP contribution is 2.26. The molecule has 1 saturated heterocycles. The van der Waals surface area contributed by atoms with E-state index in [9.17, 15) is 26.4 Å². The van der Waals surface area contributed by atoms with E-state index in [0.29, 0.717) is 30.8 Å². The molecular weight excluding hydrogens is 475 g/mol. The van der Waals surface area contributed by atoms with Gasteiger partial charge >= 0.3 is 0 Å². The van der Waals surface area contributed by atoms with Crippen molar-refractivity contribution in [1.29, 1.82) is 0 Å². The standard InChI is InChI=1S/C22H20F3N3O3S2/c23-16-6-4-14(19(25)12-16)10-17-13-26-22(32-17)27-21(29)15-5-7-18(24)20(11-15)33(30,31)28-8-2-1-3-9-28/h4-7,11-13H,1-3,8-10H2,(H,26,27,29). The van der Waals surface area contributed by atoms with Gasteiger partial charge in [-0.15, -0.1) is 11.3 Å². The Morgan fingerprint density at radius 1 is 1.03 bits per heavy atom. The first-order valence-electron chi connectivity index (χ1n) is 10.2. The maximum Gasteiger partial charge on any atom is 0.257 e. The molecular formula is C22H20F3N3O3S2. The molecule has 1 N–H and O–H groups in total. The lowest BCUT2D eigenvalue weighted by Crippen LogP contribution is -2.36. The molecule has 0 spiro atoms. The van der Waals surface area contributed by atoms with Crippen LogP contribution >= 0.6 is 11.3 Å². The minimum absolute atomic E-state index is 0.0340. The zero-order valence-electron chi connectivity index (χ0n) is 17.4. The molecule has 0 aliphatic carbocycles. The maximum absolute atomic E-state index is 14.4. The van der Waals surface area contributed by atoms with Gasteiger partial charge in [0.05, 0.1) is 0 Å². The summed E-state index contributed by atoms with van der Waals surface area (Å²) in [5.74, 6) is -2.92. The zero-order chi connectivity index (χ0) is 23.6. The molecule has 33 heavy (non-hydrogen) atoms. The fourth-order valence-corrected chi connectivity index (χ4v) is 5.99. The topological polar surface area (TPSA) is 79.4 Å². The molecule has 174 valence electrons. The Labute approximate surface area is 193 Å². The summed E-state index contributed by atoms with van der Waals surface area (Å²) < 4.78 is 68.3. The third-order valence-electron chi connectivity index (χ3n) is 5.28. The molecule has 1 amide bonds. The Morgan fingerprint density at radius 3 is 2.52 bits per heavy atom. The molecule has 0 unspecified atom stereocenters. The number of hydrogen-bond acceptors (Lipinski definition) is 5. The van der Waals surface area contributed by atoms with E-state index in [1.54, 1.807) is 0 Å². The van der Waals surface area contributed by atoms with Crippen LogP contribution in [0, 0.1) is 17.5 Å². The van der Waals surface area contributed by atoms with Crippen LogP contribution in [-0.2, 0) is 16.4 Å². The summed E-state index contributed by atoms with van der Waals surface area (Å²) in [6.07, 6.45) is 3.94. The average Bonchev–Trinajstić information content (AvgIpc) is 3.23. The number of carbonyl (C=O) groups excluding carboxylic acids is 1. The normalized spacial score (nSPS) is 14.9. The van der Waals surface area contributed by atoms with Gasteiger partial charge in [0.25, 0.3) is 5.91 Å². The lowest BCUT2D eigenvalue weighted by molar-refractivity contribution is 0.102. The lowest BCUT2D eigenvalue weighted by Gasteiger charge is -2.26. The summed E-state index contributed by atoms with van der Waals surface area (Å²) in [5, 5.41) is 2.76. The molecule has 11 heteroatoms. The quantitative estimate of drug-likeness (QED) is 0.543. The first kappa shape index (κ1) is 23.4. The maximum atomic E-state index is 14.4. The largest absolute Gasteiger partial charge is 0.298 e. The van der Waals surface area contributed by atoms with Crippen LogP contribution in [-0.4, -0.2) is 36.7 Å². The van der Waals surface area contributed by atoms with Crippen molar-refractivity contribution in [2.75, 3.05) is 18.4 Å². The third kappa shape index (κ3) is 5.26. The second-order valence-corrected chi connectivity index (χ2v) is 10.6. The fourth-order valence-electron chi connectivity index (χ4n) is 3.56. The fraction of sp³-hybridized carbons (Fsp3) is 0.273. The van der Waals surface area contributed by atoms with E-state index in [4.69, 9.17) is 0 Å². The Bertz CT molecular complexity index is 1290. The van der Waals surface area contributed by atoms with Crippen LogP contribution in [0.2, 0.25) is 0 Å². The second-order valence-electron chi connectivity index (χ2n) is 7.61. The number of carbonyl (C=O) groups is 1. The van der Waals surface area contributed by atoms with Gasteiger partial charge in [0.1, 0.15) is 22.3 Å². The zero-order valence-corrected chi connectivity index (χ0v) is 19.0. The van der Waals surface area contributed by atoms with Gasteiger partial charge in [-0.05, 0) is 42.7 Å². The van der Waals surface area contributed by atoms with Gasteiger partial charge in [0, 0.05) is 42.2 Å². The average molecular weight is 496 g/mol. The number of halogens is 3. The van der Waals surface area contributed by atoms with E-state index < -0.39 is 38.3 Å². The number of amides is 1. The van der Waals surface area contributed by atoms with Gasteiger partial charge in [-0.25, -0.2) is 26.6 Å². The highest BCUT2D eigenvalue weighted by molar-refractivity contribution is 7.89. The number of benzene rings is 2. The van der Waals surface area contributed by atoms with Gasteiger partial charge in [-0.1, -0.05) is 12.5 Å².